The molecule has 0 spiro atoms. The van der Waals surface area contributed by atoms with E-state index in [0.717, 1.165) is 6.42 Å². The van der Waals surface area contributed by atoms with Gasteiger partial charge in [-0.1, -0.05) is 39.0 Å². The maximum absolute atomic E-state index is 12.7. The molecule has 2 unspecified atom stereocenters. The van der Waals surface area contributed by atoms with Crippen LogP contribution in [0.3, 0.4) is 0 Å². The van der Waals surface area contributed by atoms with Crippen LogP contribution in [0.2, 0.25) is 0 Å². The van der Waals surface area contributed by atoms with E-state index in [1.807, 2.05) is 4.90 Å². The van der Waals surface area contributed by atoms with Crippen molar-refractivity contribution in [2.45, 2.75) is 51.6 Å². The van der Waals surface area contributed by atoms with Gasteiger partial charge in [0.15, 0.2) is 0 Å². The Morgan fingerprint density at radius 1 is 1.29 bits per heavy atom. The third kappa shape index (κ3) is 6.06. The topological polar surface area (TPSA) is 70.1 Å². The Kier molecular flexibility index (Phi) is 7.49. The molecule has 0 bridgehead atoms. The van der Waals surface area contributed by atoms with E-state index in [4.69, 9.17) is 9.84 Å². The molecule has 1 amide bonds. The van der Waals surface area contributed by atoms with Gasteiger partial charge in [-0.3, -0.25) is 14.5 Å². The monoisotopic (exact) mass is 340 g/mol. The van der Waals surface area contributed by atoms with E-state index in [-0.39, 0.29) is 24.5 Å². The number of carboxylic acid groups (broad SMARTS) is 1. The number of hydrogen-bond acceptors (Lipinski definition) is 4. The molecule has 2 atom stereocenters. The maximum Gasteiger partial charge on any atom is 0.317 e. The minimum Gasteiger partial charge on any atom is -0.480 e. The summed E-state index contributed by atoms with van der Waals surface area (Å²) in [6.45, 7) is 4.33. The van der Waals surface area contributed by atoms with Gasteiger partial charge in [0.1, 0.15) is 0 Å². The van der Waals surface area contributed by atoms with E-state index in [1.54, 1.807) is 11.9 Å². The number of carboxylic acids is 1. The lowest BCUT2D eigenvalue weighted by Crippen LogP contribution is -2.51. The summed E-state index contributed by atoms with van der Waals surface area (Å²) in [5.41, 5.74) is 0. The number of ether oxygens (including phenoxy) is 1. The zero-order valence-corrected chi connectivity index (χ0v) is 15.1. The van der Waals surface area contributed by atoms with Gasteiger partial charge >= 0.3 is 5.97 Å². The zero-order valence-electron chi connectivity index (χ0n) is 15.1. The number of morpholine rings is 1. The number of nitrogens with zero attached hydrogens (tertiary/aromatic N) is 2. The Bertz CT molecular complexity index is 423. The molecule has 24 heavy (non-hydrogen) atoms. The Morgan fingerprint density at radius 2 is 2.00 bits per heavy atom. The van der Waals surface area contributed by atoms with Crippen molar-refractivity contribution < 1.29 is 19.4 Å². The second-order valence-electron chi connectivity index (χ2n) is 7.51. The highest BCUT2D eigenvalue weighted by Crippen LogP contribution is 2.29. The highest BCUT2D eigenvalue weighted by molar-refractivity contribution is 5.78. The van der Waals surface area contributed by atoms with Crippen molar-refractivity contribution in [3.63, 3.8) is 0 Å². The molecule has 1 saturated carbocycles. The van der Waals surface area contributed by atoms with E-state index in [9.17, 15) is 9.59 Å². The number of aliphatic carboxylic acids is 1. The summed E-state index contributed by atoms with van der Waals surface area (Å²) in [5, 5.41) is 8.84. The van der Waals surface area contributed by atoms with E-state index in [0.29, 0.717) is 32.2 Å². The van der Waals surface area contributed by atoms with Crippen LogP contribution in [-0.2, 0) is 14.3 Å². The fraction of sp³-hybridized carbons (Fsp3) is 0.889. The van der Waals surface area contributed by atoms with Crippen molar-refractivity contribution in [3.05, 3.63) is 0 Å². The van der Waals surface area contributed by atoms with Gasteiger partial charge < -0.3 is 14.7 Å². The first-order valence-electron chi connectivity index (χ1n) is 9.26. The average Bonchev–Trinajstić information content (AvgIpc) is 2.54. The quantitative estimate of drug-likeness (QED) is 0.766. The summed E-state index contributed by atoms with van der Waals surface area (Å²) < 4.78 is 5.71. The van der Waals surface area contributed by atoms with Crippen molar-refractivity contribution in [2.24, 2.45) is 11.8 Å². The molecule has 1 aliphatic carbocycles. The molecule has 0 aromatic heterocycles. The number of rotatable bonds is 7. The van der Waals surface area contributed by atoms with Crippen LogP contribution in [0.4, 0.5) is 0 Å². The molecule has 2 aliphatic rings. The van der Waals surface area contributed by atoms with Crippen LogP contribution in [0.15, 0.2) is 0 Å². The third-order valence-corrected chi connectivity index (χ3v) is 5.20. The molecule has 1 saturated heterocycles. The minimum absolute atomic E-state index is 0.00805. The highest BCUT2D eigenvalue weighted by Gasteiger charge is 2.29. The lowest BCUT2D eigenvalue weighted by Gasteiger charge is -2.36. The normalized spacial score (nSPS) is 24.1. The molecular weight excluding hydrogens is 308 g/mol. The van der Waals surface area contributed by atoms with Crippen molar-refractivity contribution in [1.82, 2.24) is 9.80 Å². The largest absolute Gasteiger partial charge is 0.480 e. The molecule has 0 aromatic rings. The number of carbonyl (C=O) groups is 2. The smallest absolute Gasteiger partial charge is 0.317 e. The lowest BCUT2D eigenvalue weighted by atomic mass is 9.83. The number of amides is 1. The van der Waals surface area contributed by atoms with Gasteiger partial charge in [-0.15, -0.1) is 0 Å². The third-order valence-electron chi connectivity index (χ3n) is 5.20. The van der Waals surface area contributed by atoms with Crippen molar-refractivity contribution in [3.8, 4) is 0 Å². The van der Waals surface area contributed by atoms with Crippen molar-refractivity contribution >= 4 is 11.9 Å². The van der Waals surface area contributed by atoms with E-state index in [2.05, 4.69) is 6.92 Å². The summed E-state index contributed by atoms with van der Waals surface area (Å²) in [6.07, 6.45) is 7.39. The molecule has 2 rings (SSSR count). The van der Waals surface area contributed by atoms with Crippen LogP contribution in [0, 0.1) is 11.8 Å². The first-order valence-corrected chi connectivity index (χ1v) is 9.26. The second-order valence-corrected chi connectivity index (χ2v) is 7.51. The highest BCUT2D eigenvalue weighted by atomic mass is 16.5. The fourth-order valence-electron chi connectivity index (χ4n) is 4.01. The maximum atomic E-state index is 12.7. The van der Waals surface area contributed by atoms with Gasteiger partial charge in [-0.25, -0.2) is 0 Å². The molecule has 0 aromatic carbocycles. The summed E-state index contributed by atoms with van der Waals surface area (Å²) in [7, 11) is 1.77. The molecule has 1 N–H and O–H groups in total. The molecule has 0 radical (unpaired) electrons. The zero-order chi connectivity index (χ0) is 17.5. The standard InChI is InChI=1S/C18H32N2O4/c1-14(10-15-6-4-3-5-7-15)18(23)20-8-9-24-16(12-20)11-19(2)13-17(21)22/h14-16H,3-13H2,1-2H3,(H,21,22). The number of hydrogen-bond donors (Lipinski definition) is 1. The van der Waals surface area contributed by atoms with Crippen molar-refractivity contribution in [1.29, 1.82) is 0 Å². The summed E-state index contributed by atoms with van der Waals surface area (Å²) >= 11 is 0. The molecule has 1 aliphatic heterocycles. The Labute approximate surface area is 145 Å². The molecular formula is C18H32N2O4. The van der Waals surface area contributed by atoms with Crippen LogP contribution in [0.25, 0.3) is 0 Å². The molecule has 6 nitrogen and oxygen atoms in total. The molecule has 1 heterocycles. The van der Waals surface area contributed by atoms with Gasteiger partial charge in [0.05, 0.1) is 19.3 Å². The van der Waals surface area contributed by atoms with Crippen LogP contribution in [0.1, 0.15) is 45.4 Å². The number of carbonyl (C=O) groups excluding carboxylic acids is 1. The molecule has 6 heteroatoms. The minimum atomic E-state index is -0.845. The SMILES string of the molecule is CC(CC1CCCCC1)C(=O)N1CCOC(CN(C)CC(=O)O)C1. The van der Waals surface area contributed by atoms with Crippen LogP contribution in [0.5, 0.6) is 0 Å². The Morgan fingerprint density at radius 3 is 2.67 bits per heavy atom. The lowest BCUT2D eigenvalue weighted by molar-refractivity contribution is -0.145. The number of likely N-dealkylation sites (N-methyl/N-ethyl adjacent to an activating group) is 1. The van der Waals surface area contributed by atoms with Crippen LogP contribution < -0.4 is 0 Å². The Balaban J connectivity index is 1.79. The first kappa shape index (κ1) is 19.2. The second kappa shape index (κ2) is 9.37. The summed E-state index contributed by atoms with van der Waals surface area (Å²) in [6, 6.07) is 0. The van der Waals surface area contributed by atoms with Gasteiger partial charge in [-0.05, 0) is 19.4 Å². The van der Waals surface area contributed by atoms with Gasteiger partial charge in [0.25, 0.3) is 0 Å². The molecule has 2 fully saturated rings. The van der Waals surface area contributed by atoms with E-state index in [1.165, 1.54) is 32.1 Å². The van der Waals surface area contributed by atoms with Crippen LogP contribution >= 0.6 is 0 Å². The van der Waals surface area contributed by atoms with Gasteiger partial charge in [0.2, 0.25) is 5.91 Å². The van der Waals surface area contributed by atoms with Crippen LogP contribution in [-0.4, -0.2) is 72.7 Å². The van der Waals surface area contributed by atoms with Crippen molar-refractivity contribution in [2.75, 3.05) is 39.8 Å². The summed E-state index contributed by atoms with van der Waals surface area (Å²) in [5.74, 6) is 0.164. The predicted molar refractivity (Wildman–Crippen MR) is 91.8 cm³/mol. The van der Waals surface area contributed by atoms with E-state index < -0.39 is 5.97 Å². The van der Waals surface area contributed by atoms with E-state index >= 15 is 0 Å². The Hall–Kier alpha value is -1.14. The first-order chi connectivity index (χ1) is 11.5. The predicted octanol–water partition coefficient (Wildman–Crippen LogP) is 1.84. The fourth-order valence-corrected chi connectivity index (χ4v) is 4.01. The van der Waals surface area contributed by atoms with Gasteiger partial charge in [0, 0.05) is 25.6 Å². The average molecular weight is 340 g/mol. The summed E-state index contributed by atoms with van der Waals surface area (Å²) in [4.78, 5) is 27.1. The van der Waals surface area contributed by atoms with Gasteiger partial charge in [-0.2, -0.15) is 0 Å². The molecule has 138 valence electrons.